The molecule has 0 radical (unpaired) electrons. The van der Waals surface area contributed by atoms with Gasteiger partial charge < -0.3 is 10.2 Å². The number of hydrogen-bond donors (Lipinski definition) is 1. The number of carbonyl (C=O) groups is 1. The highest BCUT2D eigenvalue weighted by Crippen LogP contribution is 2.25. The van der Waals surface area contributed by atoms with Crippen molar-refractivity contribution in [2.75, 3.05) is 24.6 Å². The molecule has 0 aliphatic carbocycles. The number of nitrogens with zero attached hydrogens (tertiary/aromatic N) is 1. The van der Waals surface area contributed by atoms with E-state index in [1.54, 1.807) is 6.92 Å². The number of likely N-dealkylation sites (tertiary alicyclic amines) is 1. The number of nitrogens with one attached hydrogen (secondary N) is 1. The number of amides is 1. The summed E-state index contributed by atoms with van der Waals surface area (Å²) in [7, 11) is -2.86. The third-order valence-corrected chi connectivity index (χ3v) is 5.90. The zero-order valence-electron chi connectivity index (χ0n) is 11.1. The average Bonchev–Trinajstić information content (AvgIpc) is 2.53. The number of hydrogen-bond acceptors (Lipinski definition) is 4. The molecule has 1 N–H and O–H groups in total. The van der Waals surface area contributed by atoms with Gasteiger partial charge in [-0.25, -0.2) is 8.42 Å². The van der Waals surface area contributed by atoms with Crippen LogP contribution in [0.1, 0.15) is 33.1 Å². The minimum atomic E-state index is -2.86. The zero-order chi connectivity index (χ0) is 13.4. The first kappa shape index (κ1) is 13.8. The number of rotatable bonds is 2. The first-order valence-corrected chi connectivity index (χ1v) is 8.35. The quantitative estimate of drug-likeness (QED) is 0.779. The summed E-state index contributed by atoms with van der Waals surface area (Å²) >= 11 is 0. The van der Waals surface area contributed by atoms with Crippen LogP contribution in [0.5, 0.6) is 0 Å². The number of sulfone groups is 1. The molecule has 1 amide bonds. The lowest BCUT2D eigenvalue weighted by molar-refractivity contribution is -0.129. The molecule has 0 aromatic heterocycles. The monoisotopic (exact) mass is 274 g/mol. The van der Waals surface area contributed by atoms with Crippen molar-refractivity contribution in [3.63, 3.8) is 0 Å². The van der Waals surface area contributed by atoms with E-state index in [0.717, 1.165) is 25.9 Å². The van der Waals surface area contributed by atoms with Gasteiger partial charge in [-0.2, -0.15) is 0 Å². The summed E-state index contributed by atoms with van der Waals surface area (Å²) in [6.45, 7) is 5.14. The van der Waals surface area contributed by atoms with E-state index in [0.29, 0.717) is 18.2 Å². The maximum absolute atomic E-state index is 11.5. The van der Waals surface area contributed by atoms with Crippen molar-refractivity contribution in [1.82, 2.24) is 10.2 Å². The molecule has 2 aliphatic rings. The Morgan fingerprint density at radius 3 is 2.39 bits per heavy atom. The fourth-order valence-electron chi connectivity index (χ4n) is 2.96. The summed E-state index contributed by atoms with van der Waals surface area (Å²) in [5.74, 6) is 0.665. The molecule has 0 spiro atoms. The molecule has 2 rings (SSSR count). The molecule has 0 bridgehead atoms. The van der Waals surface area contributed by atoms with Crippen LogP contribution in [-0.4, -0.2) is 55.4 Å². The van der Waals surface area contributed by atoms with Crippen molar-refractivity contribution >= 4 is 15.7 Å². The maximum Gasteiger partial charge on any atom is 0.219 e. The van der Waals surface area contributed by atoms with E-state index in [9.17, 15) is 13.2 Å². The van der Waals surface area contributed by atoms with Crippen LogP contribution < -0.4 is 5.32 Å². The lowest BCUT2D eigenvalue weighted by atomic mass is 9.96. The summed E-state index contributed by atoms with van der Waals surface area (Å²) in [6.07, 6.45) is 2.52. The van der Waals surface area contributed by atoms with Gasteiger partial charge in [-0.15, -0.1) is 0 Å². The molecule has 0 aromatic rings. The normalized spacial score (nSPS) is 32.7. The Kier molecular flexibility index (Phi) is 3.69. The second-order valence-corrected chi connectivity index (χ2v) is 8.01. The van der Waals surface area contributed by atoms with Crippen molar-refractivity contribution in [3.8, 4) is 0 Å². The molecule has 18 heavy (non-hydrogen) atoms. The summed E-state index contributed by atoms with van der Waals surface area (Å²) in [6, 6.07) is 0.332. The van der Waals surface area contributed by atoms with Crippen molar-refractivity contribution in [1.29, 1.82) is 0 Å². The van der Waals surface area contributed by atoms with Crippen LogP contribution in [0.2, 0.25) is 0 Å². The fraction of sp³-hybridized carbons (Fsp3) is 0.917. The molecule has 2 fully saturated rings. The van der Waals surface area contributed by atoms with Crippen LogP contribution in [0.4, 0.5) is 0 Å². The topological polar surface area (TPSA) is 66.5 Å². The summed E-state index contributed by atoms with van der Waals surface area (Å²) in [4.78, 5) is 13.1. The summed E-state index contributed by atoms with van der Waals surface area (Å²) in [5.41, 5.74) is -0.276. The minimum Gasteiger partial charge on any atom is -0.343 e. The smallest absolute Gasteiger partial charge is 0.219 e. The highest BCUT2D eigenvalue weighted by Gasteiger charge is 2.39. The number of carbonyl (C=O) groups excluding carboxylic acids is 1. The maximum atomic E-state index is 11.5. The first-order chi connectivity index (χ1) is 8.30. The zero-order valence-corrected chi connectivity index (χ0v) is 11.9. The van der Waals surface area contributed by atoms with Crippen LogP contribution in [0.25, 0.3) is 0 Å². The third-order valence-electron chi connectivity index (χ3n) is 4.00. The van der Waals surface area contributed by atoms with E-state index < -0.39 is 9.84 Å². The predicted octanol–water partition coefficient (Wildman–Crippen LogP) is 0.164. The number of piperidine rings is 1. The molecular weight excluding hydrogens is 252 g/mol. The van der Waals surface area contributed by atoms with Gasteiger partial charge in [0.05, 0.1) is 11.5 Å². The van der Waals surface area contributed by atoms with Crippen LogP contribution in [0.15, 0.2) is 0 Å². The molecular formula is C12H22N2O3S. The molecule has 1 unspecified atom stereocenters. The summed E-state index contributed by atoms with van der Waals surface area (Å²) in [5, 5.41) is 3.49. The van der Waals surface area contributed by atoms with Gasteiger partial charge in [-0.3, -0.25) is 4.79 Å². The molecule has 0 saturated carbocycles. The van der Waals surface area contributed by atoms with Gasteiger partial charge in [-0.1, -0.05) is 0 Å². The van der Waals surface area contributed by atoms with E-state index >= 15 is 0 Å². The van der Waals surface area contributed by atoms with Crippen LogP contribution >= 0.6 is 0 Å². The first-order valence-electron chi connectivity index (χ1n) is 6.53. The van der Waals surface area contributed by atoms with Gasteiger partial charge in [0.25, 0.3) is 0 Å². The van der Waals surface area contributed by atoms with Crippen molar-refractivity contribution in [2.45, 2.75) is 44.7 Å². The Balaban J connectivity index is 1.87. The van der Waals surface area contributed by atoms with Gasteiger partial charge in [0.1, 0.15) is 0 Å². The van der Waals surface area contributed by atoms with Crippen LogP contribution in [-0.2, 0) is 14.6 Å². The van der Waals surface area contributed by atoms with Gasteiger partial charge in [-0.05, 0) is 26.2 Å². The molecule has 0 aromatic carbocycles. The van der Waals surface area contributed by atoms with Gasteiger partial charge >= 0.3 is 0 Å². The second-order valence-electron chi connectivity index (χ2n) is 5.83. The summed E-state index contributed by atoms with van der Waals surface area (Å²) < 4.78 is 23.1. The van der Waals surface area contributed by atoms with Crippen LogP contribution in [0, 0.1) is 0 Å². The van der Waals surface area contributed by atoms with Crippen molar-refractivity contribution in [2.24, 2.45) is 0 Å². The molecule has 5 nitrogen and oxygen atoms in total. The molecule has 1 atom stereocenters. The minimum absolute atomic E-state index is 0.128. The molecule has 2 saturated heterocycles. The largest absolute Gasteiger partial charge is 0.343 e. The van der Waals surface area contributed by atoms with Gasteiger partial charge in [0, 0.05) is 31.6 Å². The Hall–Kier alpha value is -0.620. The predicted molar refractivity (Wildman–Crippen MR) is 70.1 cm³/mol. The Morgan fingerprint density at radius 2 is 1.94 bits per heavy atom. The lowest BCUT2D eigenvalue weighted by Crippen LogP contribution is -2.53. The molecule has 2 heterocycles. The Labute approximate surface area is 109 Å². The Morgan fingerprint density at radius 1 is 1.33 bits per heavy atom. The van der Waals surface area contributed by atoms with Crippen molar-refractivity contribution < 1.29 is 13.2 Å². The van der Waals surface area contributed by atoms with E-state index in [1.165, 1.54) is 0 Å². The fourth-order valence-corrected chi connectivity index (χ4v) is 5.06. The standard InChI is InChI=1S/C12H22N2O3S/c1-10(15)14-6-3-11(4-7-14)13-12(2)5-8-18(16,17)9-12/h11,13H,3-9H2,1-2H3. The molecule has 104 valence electrons. The lowest BCUT2D eigenvalue weighted by Gasteiger charge is -2.36. The Bertz CT molecular complexity index is 427. The van der Waals surface area contributed by atoms with Crippen molar-refractivity contribution in [3.05, 3.63) is 0 Å². The van der Waals surface area contributed by atoms with E-state index in [4.69, 9.17) is 0 Å². The van der Waals surface area contributed by atoms with E-state index in [1.807, 2.05) is 11.8 Å². The highest BCUT2D eigenvalue weighted by molar-refractivity contribution is 7.91. The highest BCUT2D eigenvalue weighted by atomic mass is 32.2. The van der Waals surface area contributed by atoms with Crippen LogP contribution in [0.3, 0.4) is 0 Å². The molecule has 6 heteroatoms. The van der Waals surface area contributed by atoms with E-state index in [-0.39, 0.29) is 17.2 Å². The third kappa shape index (κ3) is 3.23. The van der Waals surface area contributed by atoms with E-state index in [2.05, 4.69) is 5.32 Å². The van der Waals surface area contributed by atoms with Gasteiger partial charge in [0.2, 0.25) is 5.91 Å². The second kappa shape index (κ2) is 4.81. The average molecular weight is 274 g/mol. The van der Waals surface area contributed by atoms with Gasteiger partial charge in [0.15, 0.2) is 9.84 Å². The molecule has 2 aliphatic heterocycles. The SMILES string of the molecule is CC(=O)N1CCC(NC2(C)CCS(=O)(=O)C2)CC1.